The molecule has 0 saturated carbocycles. The standard InChI is InChI=1S/C22H23N3O4/c26-20-12-11-19(24-25(20)15-17-9-5-2-6-10-17)21(27)23-14-18(22(28)29)13-16-7-3-1-4-8-16/h1-10,18H,11-15H2,(H,23,27)(H,28,29). The highest BCUT2D eigenvalue weighted by molar-refractivity contribution is 6.39. The van der Waals surface area contributed by atoms with Gasteiger partial charge in [0.1, 0.15) is 5.71 Å². The summed E-state index contributed by atoms with van der Waals surface area (Å²) in [5.74, 6) is -2.29. The molecular formula is C22H23N3O4. The Labute approximate surface area is 169 Å². The van der Waals surface area contributed by atoms with E-state index >= 15 is 0 Å². The first-order valence-corrected chi connectivity index (χ1v) is 9.49. The molecule has 1 unspecified atom stereocenters. The average Bonchev–Trinajstić information content (AvgIpc) is 2.73. The Morgan fingerprint density at radius 3 is 2.24 bits per heavy atom. The maximum absolute atomic E-state index is 12.5. The third kappa shape index (κ3) is 5.75. The van der Waals surface area contributed by atoms with Crippen LogP contribution in [0.15, 0.2) is 65.8 Å². The van der Waals surface area contributed by atoms with Crippen molar-refractivity contribution < 1.29 is 19.5 Å². The molecular weight excluding hydrogens is 370 g/mol. The first kappa shape index (κ1) is 20.3. The van der Waals surface area contributed by atoms with Crippen LogP contribution in [-0.2, 0) is 27.3 Å². The molecule has 0 radical (unpaired) electrons. The largest absolute Gasteiger partial charge is 0.481 e. The molecule has 0 spiro atoms. The molecule has 1 aliphatic rings. The van der Waals surface area contributed by atoms with Crippen LogP contribution in [0.3, 0.4) is 0 Å². The Bertz CT molecular complexity index is 897. The summed E-state index contributed by atoms with van der Waals surface area (Å²) in [6, 6.07) is 18.7. The van der Waals surface area contributed by atoms with Crippen LogP contribution in [0, 0.1) is 5.92 Å². The van der Waals surface area contributed by atoms with Gasteiger partial charge in [0, 0.05) is 19.4 Å². The van der Waals surface area contributed by atoms with Gasteiger partial charge in [-0.15, -0.1) is 0 Å². The summed E-state index contributed by atoms with van der Waals surface area (Å²) in [6.07, 6.45) is 0.763. The molecule has 0 aliphatic carbocycles. The summed E-state index contributed by atoms with van der Waals surface area (Å²) in [5.41, 5.74) is 2.05. The van der Waals surface area contributed by atoms with Gasteiger partial charge in [0.05, 0.1) is 12.5 Å². The van der Waals surface area contributed by atoms with E-state index in [2.05, 4.69) is 10.4 Å². The van der Waals surface area contributed by atoms with Gasteiger partial charge >= 0.3 is 5.97 Å². The second-order valence-electron chi connectivity index (χ2n) is 6.92. The minimum absolute atomic E-state index is 0.00525. The third-order valence-electron chi connectivity index (χ3n) is 4.73. The Balaban J connectivity index is 1.61. The van der Waals surface area contributed by atoms with E-state index in [9.17, 15) is 19.5 Å². The number of amides is 2. The zero-order valence-electron chi connectivity index (χ0n) is 16.0. The van der Waals surface area contributed by atoms with E-state index in [-0.39, 0.29) is 31.0 Å². The summed E-state index contributed by atoms with van der Waals surface area (Å²) >= 11 is 0. The predicted octanol–water partition coefficient (Wildman–Crippen LogP) is 2.22. The van der Waals surface area contributed by atoms with Crippen molar-refractivity contribution in [2.45, 2.75) is 25.8 Å². The number of hydrogen-bond acceptors (Lipinski definition) is 4. The average molecular weight is 393 g/mol. The van der Waals surface area contributed by atoms with Crippen LogP contribution < -0.4 is 5.32 Å². The van der Waals surface area contributed by atoms with Crippen molar-refractivity contribution in [2.24, 2.45) is 11.0 Å². The first-order chi connectivity index (χ1) is 14.0. The fourth-order valence-corrected chi connectivity index (χ4v) is 3.11. The molecule has 2 amide bonds. The second-order valence-corrected chi connectivity index (χ2v) is 6.92. The number of benzene rings is 2. The van der Waals surface area contributed by atoms with E-state index in [0.717, 1.165) is 11.1 Å². The number of carboxylic acids is 1. The van der Waals surface area contributed by atoms with Crippen LogP contribution in [0.1, 0.15) is 24.0 Å². The monoisotopic (exact) mass is 393 g/mol. The lowest BCUT2D eigenvalue weighted by atomic mass is 9.99. The quantitative estimate of drug-likeness (QED) is 0.718. The van der Waals surface area contributed by atoms with Crippen molar-refractivity contribution in [1.82, 2.24) is 10.3 Å². The van der Waals surface area contributed by atoms with Gasteiger partial charge in [-0.05, 0) is 17.5 Å². The number of rotatable bonds is 8. The van der Waals surface area contributed by atoms with Gasteiger partial charge in [-0.25, -0.2) is 5.01 Å². The Hall–Kier alpha value is -3.48. The van der Waals surface area contributed by atoms with Gasteiger partial charge in [-0.2, -0.15) is 5.10 Å². The Morgan fingerprint density at radius 2 is 1.62 bits per heavy atom. The zero-order valence-corrected chi connectivity index (χ0v) is 16.0. The number of hydrazone groups is 1. The van der Waals surface area contributed by atoms with Crippen molar-refractivity contribution >= 4 is 23.5 Å². The van der Waals surface area contributed by atoms with E-state index in [0.29, 0.717) is 13.0 Å². The summed E-state index contributed by atoms with van der Waals surface area (Å²) < 4.78 is 0. The van der Waals surface area contributed by atoms with Crippen molar-refractivity contribution in [2.75, 3.05) is 6.54 Å². The number of nitrogens with zero attached hydrogens (tertiary/aromatic N) is 2. The Morgan fingerprint density at radius 1 is 1.00 bits per heavy atom. The van der Waals surface area contributed by atoms with Gasteiger partial charge in [0.2, 0.25) is 5.91 Å². The molecule has 1 atom stereocenters. The topological polar surface area (TPSA) is 99.1 Å². The van der Waals surface area contributed by atoms with E-state index in [4.69, 9.17) is 0 Å². The molecule has 29 heavy (non-hydrogen) atoms. The molecule has 0 bridgehead atoms. The Kier molecular flexibility index (Phi) is 6.73. The van der Waals surface area contributed by atoms with Gasteiger partial charge in [0.25, 0.3) is 5.91 Å². The van der Waals surface area contributed by atoms with E-state index in [1.807, 2.05) is 60.7 Å². The fourth-order valence-electron chi connectivity index (χ4n) is 3.11. The zero-order chi connectivity index (χ0) is 20.6. The number of hydrogen-bond donors (Lipinski definition) is 2. The maximum Gasteiger partial charge on any atom is 0.308 e. The van der Waals surface area contributed by atoms with E-state index in [1.54, 1.807) is 0 Å². The van der Waals surface area contributed by atoms with Crippen molar-refractivity contribution in [1.29, 1.82) is 0 Å². The van der Waals surface area contributed by atoms with Gasteiger partial charge in [-0.3, -0.25) is 14.4 Å². The SMILES string of the molecule is O=C(NCC(Cc1ccccc1)C(=O)O)C1=NN(Cc2ccccc2)C(=O)CC1. The van der Waals surface area contributed by atoms with Crippen LogP contribution in [0.25, 0.3) is 0 Å². The maximum atomic E-state index is 12.5. The van der Waals surface area contributed by atoms with Crippen LogP contribution in [0.4, 0.5) is 0 Å². The summed E-state index contributed by atoms with van der Waals surface area (Å²) in [6.45, 7) is 0.289. The number of carbonyl (C=O) groups excluding carboxylic acids is 2. The van der Waals surface area contributed by atoms with Crippen LogP contribution in [-0.4, -0.2) is 40.2 Å². The molecule has 150 valence electrons. The smallest absolute Gasteiger partial charge is 0.308 e. The molecule has 2 N–H and O–H groups in total. The number of carbonyl (C=O) groups is 3. The number of aliphatic carboxylic acids is 1. The molecule has 7 heteroatoms. The van der Waals surface area contributed by atoms with Gasteiger partial charge < -0.3 is 10.4 Å². The fraction of sp³-hybridized carbons (Fsp3) is 0.273. The van der Waals surface area contributed by atoms with E-state index < -0.39 is 17.8 Å². The normalized spacial score (nSPS) is 14.8. The predicted molar refractivity (Wildman–Crippen MR) is 108 cm³/mol. The lowest BCUT2D eigenvalue weighted by Gasteiger charge is -2.23. The first-order valence-electron chi connectivity index (χ1n) is 9.49. The molecule has 0 fully saturated rings. The molecule has 0 saturated heterocycles. The van der Waals surface area contributed by atoms with Crippen LogP contribution in [0.2, 0.25) is 0 Å². The molecule has 1 heterocycles. The summed E-state index contributed by atoms with van der Waals surface area (Å²) in [4.78, 5) is 36.2. The molecule has 0 aromatic heterocycles. The summed E-state index contributed by atoms with van der Waals surface area (Å²) in [7, 11) is 0. The molecule has 7 nitrogen and oxygen atoms in total. The highest BCUT2D eigenvalue weighted by Gasteiger charge is 2.26. The molecule has 1 aliphatic heterocycles. The highest BCUT2D eigenvalue weighted by atomic mass is 16.4. The number of carboxylic acid groups (broad SMARTS) is 1. The second kappa shape index (κ2) is 9.64. The highest BCUT2D eigenvalue weighted by Crippen LogP contribution is 2.14. The lowest BCUT2D eigenvalue weighted by molar-refractivity contribution is -0.141. The third-order valence-corrected chi connectivity index (χ3v) is 4.73. The number of nitrogens with one attached hydrogen (secondary N) is 1. The van der Waals surface area contributed by atoms with Gasteiger partial charge in [-0.1, -0.05) is 60.7 Å². The molecule has 2 aromatic carbocycles. The van der Waals surface area contributed by atoms with Crippen molar-refractivity contribution in [3.05, 3.63) is 71.8 Å². The molecule has 2 aromatic rings. The van der Waals surface area contributed by atoms with E-state index in [1.165, 1.54) is 5.01 Å². The van der Waals surface area contributed by atoms with Gasteiger partial charge in [0.15, 0.2) is 0 Å². The lowest BCUT2D eigenvalue weighted by Crippen LogP contribution is -2.41. The summed E-state index contributed by atoms with van der Waals surface area (Å²) in [5, 5.41) is 17.6. The minimum Gasteiger partial charge on any atom is -0.481 e. The van der Waals surface area contributed by atoms with Crippen molar-refractivity contribution in [3.63, 3.8) is 0 Å². The van der Waals surface area contributed by atoms with Crippen molar-refractivity contribution in [3.8, 4) is 0 Å². The van der Waals surface area contributed by atoms with Crippen LogP contribution >= 0.6 is 0 Å². The van der Waals surface area contributed by atoms with Crippen LogP contribution in [0.5, 0.6) is 0 Å². The molecule has 3 rings (SSSR count). The minimum atomic E-state index is -0.972.